The average molecular weight is 224 g/mol. The predicted octanol–water partition coefficient (Wildman–Crippen LogP) is 1.18. The van der Waals surface area contributed by atoms with Gasteiger partial charge < -0.3 is 9.47 Å². The molecule has 0 amide bonds. The van der Waals surface area contributed by atoms with Crippen LogP contribution in [0, 0.1) is 0 Å². The molecular weight excluding hydrogens is 204 g/mol. The molecule has 0 saturated carbocycles. The van der Waals surface area contributed by atoms with E-state index in [9.17, 15) is 0 Å². The van der Waals surface area contributed by atoms with E-state index >= 15 is 0 Å². The van der Waals surface area contributed by atoms with Gasteiger partial charge in [0.15, 0.2) is 0 Å². The lowest BCUT2D eigenvalue weighted by Crippen LogP contribution is -2.30. The van der Waals surface area contributed by atoms with Gasteiger partial charge in [0.1, 0.15) is 0 Å². The van der Waals surface area contributed by atoms with Crippen LogP contribution in [0.3, 0.4) is 0 Å². The number of aromatic nitrogens is 1. The van der Waals surface area contributed by atoms with E-state index in [0.29, 0.717) is 0 Å². The number of methoxy groups -OCH3 is 2. The third kappa shape index (κ3) is 5.21. The Morgan fingerprint density at radius 1 is 1.19 bits per heavy atom. The zero-order chi connectivity index (χ0) is 11.6. The molecule has 0 aliphatic carbocycles. The van der Waals surface area contributed by atoms with Gasteiger partial charge in [-0.25, -0.2) is 0 Å². The second kappa shape index (κ2) is 8.21. The summed E-state index contributed by atoms with van der Waals surface area (Å²) in [6.07, 6.45) is 3.69. The number of nitrogens with zero attached hydrogens (tertiary/aromatic N) is 2. The molecule has 0 radical (unpaired) electrons. The van der Waals surface area contributed by atoms with Crippen LogP contribution in [0.15, 0.2) is 24.5 Å². The van der Waals surface area contributed by atoms with Gasteiger partial charge in [-0.3, -0.25) is 9.88 Å². The Morgan fingerprint density at radius 3 is 2.38 bits per heavy atom. The summed E-state index contributed by atoms with van der Waals surface area (Å²) >= 11 is 0. The lowest BCUT2D eigenvalue weighted by Gasteiger charge is -2.21. The second-order valence-electron chi connectivity index (χ2n) is 3.62. The van der Waals surface area contributed by atoms with Crippen molar-refractivity contribution in [2.24, 2.45) is 0 Å². The molecule has 0 saturated heterocycles. The summed E-state index contributed by atoms with van der Waals surface area (Å²) in [5.41, 5.74) is 1.22. The van der Waals surface area contributed by atoms with Gasteiger partial charge >= 0.3 is 0 Å². The van der Waals surface area contributed by atoms with Gasteiger partial charge in [-0.1, -0.05) is 6.07 Å². The molecule has 1 aromatic heterocycles. The van der Waals surface area contributed by atoms with Crippen molar-refractivity contribution in [3.63, 3.8) is 0 Å². The normalized spacial score (nSPS) is 10.9. The summed E-state index contributed by atoms with van der Waals surface area (Å²) in [5, 5.41) is 0. The summed E-state index contributed by atoms with van der Waals surface area (Å²) in [6, 6.07) is 4.04. The molecule has 0 aromatic carbocycles. The SMILES string of the molecule is COCCN(CCOC)Cc1cccnc1. The van der Waals surface area contributed by atoms with Crippen LogP contribution in [0.25, 0.3) is 0 Å². The minimum absolute atomic E-state index is 0.740. The highest BCUT2D eigenvalue weighted by Gasteiger charge is 2.05. The van der Waals surface area contributed by atoms with Gasteiger partial charge in [-0.15, -0.1) is 0 Å². The van der Waals surface area contributed by atoms with Crippen molar-refractivity contribution < 1.29 is 9.47 Å². The molecule has 0 spiro atoms. The Balaban J connectivity index is 2.42. The van der Waals surface area contributed by atoms with Crippen LogP contribution >= 0.6 is 0 Å². The molecule has 0 aliphatic heterocycles. The molecule has 4 heteroatoms. The standard InChI is InChI=1S/C12H20N2O2/c1-15-8-6-14(7-9-16-2)11-12-4-3-5-13-10-12/h3-5,10H,6-9,11H2,1-2H3. The fourth-order valence-corrected chi connectivity index (χ4v) is 1.46. The van der Waals surface area contributed by atoms with Gasteiger partial charge in [-0.2, -0.15) is 0 Å². The van der Waals surface area contributed by atoms with Crippen molar-refractivity contribution in [1.29, 1.82) is 0 Å². The third-order valence-electron chi connectivity index (χ3n) is 2.35. The van der Waals surface area contributed by atoms with Crippen LogP contribution in [-0.2, 0) is 16.0 Å². The molecule has 16 heavy (non-hydrogen) atoms. The van der Waals surface area contributed by atoms with Gasteiger partial charge in [0, 0.05) is 46.2 Å². The topological polar surface area (TPSA) is 34.6 Å². The summed E-state index contributed by atoms with van der Waals surface area (Å²) in [5.74, 6) is 0. The first-order valence-electron chi connectivity index (χ1n) is 5.46. The summed E-state index contributed by atoms with van der Waals surface area (Å²) in [7, 11) is 3.44. The lowest BCUT2D eigenvalue weighted by molar-refractivity contribution is 0.110. The van der Waals surface area contributed by atoms with Gasteiger partial charge in [-0.05, 0) is 11.6 Å². The maximum absolute atomic E-state index is 5.09. The van der Waals surface area contributed by atoms with Crippen molar-refractivity contribution in [2.75, 3.05) is 40.5 Å². The largest absolute Gasteiger partial charge is 0.383 e. The highest BCUT2D eigenvalue weighted by Crippen LogP contribution is 2.02. The second-order valence-corrected chi connectivity index (χ2v) is 3.62. The Kier molecular flexibility index (Phi) is 6.72. The number of rotatable bonds is 8. The van der Waals surface area contributed by atoms with E-state index in [0.717, 1.165) is 32.8 Å². The molecule has 0 aliphatic rings. The van der Waals surface area contributed by atoms with Crippen LogP contribution in [0.2, 0.25) is 0 Å². The van der Waals surface area contributed by atoms with Gasteiger partial charge in [0.2, 0.25) is 0 Å². The monoisotopic (exact) mass is 224 g/mol. The van der Waals surface area contributed by atoms with Crippen LogP contribution < -0.4 is 0 Å². The zero-order valence-corrected chi connectivity index (χ0v) is 10.1. The molecule has 1 rings (SSSR count). The molecule has 0 fully saturated rings. The van der Waals surface area contributed by atoms with E-state index in [-0.39, 0.29) is 0 Å². The number of hydrogen-bond donors (Lipinski definition) is 0. The van der Waals surface area contributed by atoms with Crippen LogP contribution in [0.4, 0.5) is 0 Å². The highest BCUT2D eigenvalue weighted by molar-refractivity contribution is 5.08. The molecule has 0 unspecified atom stereocenters. The minimum Gasteiger partial charge on any atom is -0.383 e. The van der Waals surface area contributed by atoms with E-state index in [1.165, 1.54) is 5.56 Å². The first-order valence-corrected chi connectivity index (χ1v) is 5.46. The molecule has 0 atom stereocenters. The lowest BCUT2D eigenvalue weighted by atomic mass is 10.2. The van der Waals surface area contributed by atoms with Gasteiger partial charge in [0.25, 0.3) is 0 Å². The predicted molar refractivity (Wildman–Crippen MR) is 63.3 cm³/mol. The molecule has 90 valence electrons. The van der Waals surface area contributed by atoms with E-state index in [2.05, 4.69) is 16.0 Å². The van der Waals surface area contributed by atoms with Crippen LogP contribution in [0.1, 0.15) is 5.56 Å². The minimum atomic E-state index is 0.740. The van der Waals surface area contributed by atoms with E-state index < -0.39 is 0 Å². The summed E-state index contributed by atoms with van der Waals surface area (Å²) < 4.78 is 10.2. The molecule has 4 nitrogen and oxygen atoms in total. The first kappa shape index (κ1) is 13.1. The van der Waals surface area contributed by atoms with Crippen molar-refractivity contribution in [3.05, 3.63) is 30.1 Å². The Bertz CT molecular complexity index is 259. The number of ether oxygens (including phenoxy) is 2. The zero-order valence-electron chi connectivity index (χ0n) is 10.1. The molecule has 0 N–H and O–H groups in total. The fourth-order valence-electron chi connectivity index (χ4n) is 1.46. The average Bonchev–Trinajstić information content (AvgIpc) is 2.34. The Hall–Kier alpha value is -0.970. The van der Waals surface area contributed by atoms with Crippen LogP contribution in [-0.4, -0.2) is 50.4 Å². The smallest absolute Gasteiger partial charge is 0.0589 e. The molecule has 0 bridgehead atoms. The summed E-state index contributed by atoms with van der Waals surface area (Å²) in [6.45, 7) is 4.19. The van der Waals surface area contributed by atoms with Crippen molar-refractivity contribution in [1.82, 2.24) is 9.88 Å². The Morgan fingerprint density at radius 2 is 1.88 bits per heavy atom. The van der Waals surface area contributed by atoms with Crippen molar-refractivity contribution in [3.8, 4) is 0 Å². The van der Waals surface area contributed by atoms with Gasteiger partial charge in [0.05, 0.1) is 13.2 Å². The fraction of sp³-hybridized carbons (Fsp3) is 0.583. The van der Waals surface area contributed by atoms with E-state index in [4.69, 9.17) is 9.47 Å². The maximum Gasteiger partial charge on any atom is 0.0589 e. The molecule has 1 heterocycles. The maximum atomic E-state index is 5.09. The first-order chi connectivity index (χ1) is 7.86. The van der Waals surface area contributed by atoms with Crippen molar-refractivity contribution >= 4 is 0 Å². The quantitative estimate of drug-likeness (QED) is 0.664. The Labute approximate surface area is 97.2 Å². The summed E-state index contributed by atoms with van der Waals surface area (Å²) in [4.78, 5) is 6.40. The van der Waals surface area contributed by atoms with E-state index in [1.54, 1.807) is 20.4 Å². The van der Waals surface area contributed by atoms with Crippen LogP contribution in [0.5, 0.6) is 0 Å². The van der Waals surface area contributed by atoms with Crippen molar-refractivity contribution in [2.45, 2.75) is 6.54 Å². The number of pyridine rings is 1. The molecular formula is C12H20N2O2. The number of hydrogen-bond acceptors (Lipinski definition) is 4. The van der Waals surface area contributed by atoms with E-state index in [1.807, 2.05) is 12.3 Å². The highest BCUT2D eigenvalue weighted by atomic mass is 16.5. The molecule has 1 aromatic rings. The third-order valence-corrected chi connectivity index (χ3v) is 2.35.